The fourth-order valence-corrected chi connectivity index (χ4v) is 4.76. The van der Waals surface area contributed by atoms with Crippen molar-refractivity contribution in [2.24, 2.45) is 0 Å². The van der Waals surface area contributed by atoms with Gasteiger partial charge in [-0.1, -0.05) is 0 Å². The summed E-state index contributed by atoms with van der Waals surface area (Å²) < 4.78 is 20.6. The Morgan fingerprint density at radius 3 is 2.42 bits per heavy atom. The molecule has 2 aromatic carbocycles. The lowest BCUT2D eigenvalue weighted by Gasteiger charge is -2.40. The molecule has 3 heterocycles. The SMILES string of the molecule is COc1ccc2[nH]c(=O)c(C(c3nnnn3C(C)(C)C)N3CCN(c4ccc(F)cc4)CC3)cc2c1. The van der Waals surface area contributed by atoms with Crippen LogP contribution in [0.1, 0.15) is 38.2 Å². The van der Waals surface area contributed by atoms with Crippen LogP contribution < -0.4 is 15.2 Å². The molecule has 0 aliphatic carbocycles. The molecule has 2 aromatic heterocycles. The Kier molecular flexibility index (Phi) is 6.21. The van der Waals surface area contributed by atoms with Crippen LogP contribution in [0.3, 0.4) is 0 Å². The van der Waals surface area contributed by atoms with Crippen LogP contribution in [-0.2, 0) is 5.54 Å². The lowest BCUT2D eigenvalue weighted by molar-refractivity contribution is 0.190. The van der Waals surface area contributed by atoms with Crippen LogP contribution in [0, 0.1) is 5.82 Å². The van der Waals surface area contributed by atoms with Gasteiger partial charge in [0.1, 0.15) is 17.6 Å². The molecule has 1 N–H and O–H groups in total. The maximum atomic E-state index is 13.4. The number of piperazine rings is 1. The third-order valence-electron chi connectivity index (χ3n) is 6.62. The number of nitrogens with one attached hydrogen (secondary N) is 1. The molecule has 0 spiro atoms. The highest BCUT2D eigenvalue weighted by molar-refractivity contribution is 5.80. The second-order valence-electron chi connectivity index (χ2n) is 10.0. The van der Waals surface area contributed by atoms with Crippen molar-refractivity contribution in [3.63, 3.8) is 0 Å². The van der Waals surface area contributed by atoms with E-state index in [1.54, 1.807) is 23.9 Å². The van der Waals surface area contributed by atoms with Crippen LogP contribution in [0.2, 0.25) is 0 Å². The van der Waals surface area contributed by atoms with E-state index in [0.717, 1.165) is 29.7 Å². The predicted molar refractivity (Wildman–Crippen MR) is 136 cm³/mol. The molecule has 5 rings (SSSR count). The molecule has 0 amide bonds. The molecule has 1 unspecified atom stereocenters. The summed E-state index contributed by atoms with van der Waals surface area (Å²) in [4.78, 5) is 20.9. The van der Waals surface area contributed by atoms with Gasteiger partial charge in [-0.25, -0.2) is 9.07 Å². The van der Waals surface area contributed by atoms with E-state index in [0.29, 0.717) is 30.2 Å². The van der Waals surface area contributed by atoms with Crippen molar-refractivity contribution < 1.29 is 9.13 Å². The molecule has 9 nitrogen and oxygen atoms in total. The van der Waals surface area contributed by atoms with Gasteiger partial charge in [0.2, 0.25) is 0 Å². The minimum atomic E-state index is -0.450. The molecule has 1 atom stereocenters. The molecule has 10 heteroatoms. The van der Waals surface area contributed by atoms with E-state index in [4.69, 9.17) is 4.74 Å². The number of hydrogen-bond acceptors (Lipinski definition) is 7. The molecule has 1 aliphatic heterocycles. The summed E-state index contributed by atoms with van der Waals surface area (Å²) in [7, 11) is 1.62. The molecular weight excluding hydrogens is 461 g/mol. The molecule has 4 aromatic rings. The van der Waals surface area contributed by atoms with Gasteiger partial charge in [0, 0.05) is 48.3 Å². The second kappa shape index (κ2) is 9.34. The zero-order chi connectivity index (χ0) is 25.4. The molecule has 36 heavy (non-hydrogen) atoms. The third-order valence-corrected chi connectivity index (χ3v) is 6.62. The molecule has 0 saturated carbocycles. The van der Waals surface area contributed by atoms with E-state index >= 15 is 0 Å². The number of methoxy groups -OCH3 is 1. The first kappa shape index (κ1) is 23.9. The van der Waals surface area contributed by atoms with Gasteiger partial charge in [-0.2, -0.15) is 0 Å². The molecule has 0 bridgehead atoms. The van der Waals surface area contributed by atoms with Crippen LogP contribution >= 0.6 is 0 Å². The van der Waals surface area contributed by atoms with E-state index < -0.39 is 6.04 Å². The number of nitrogens with zero attached hydrogens (tertiary/aromatic N) is 6. The number of fused-ring (bicyclic) bond motifs is 1. The maximum absolute atomic E-state index is 13.4. The highest BCUT2D eigenvalue weighted by atomic mass is 19.1. The highest BCUT2D eigenvalue weighted by Crippen LogP contribution is 2.31. The summed E-state index contributed by atoms with van der Waals surface area (Å²) in [5.74, 6) is 1.08. The molecular formula is C26H30FN7O2. The van der Waals surface area contributed by atoms with E-state index in [-0.39, 0.29) is 16.9 Å². The quantitative estimate of drug-likeness (QED) is 0.458. The first-order valence-electron chi connectivity index (χ1n) is 12.0. The largest absolute Gasteiger partial charge is 0.497 e. The number of halogens is 1. The molecule has 0 radical (unpaired) electrons. The number of rotatable bonds is 5. The minimum Gasteiger partial charge on any atom is -0.497 e. The monoisotopic (exact) mass is 491 g/mol. The van der Waals surface area contributed by atoms with Crippen molar-refractivity contribution in [1.29, 1.82) is 0 Å². The number of tetrazole rings is 1. The van der Waals surface area contributed by atoms with E-state index in [1.807, 2.05) is 45.0 Å². The Labute approximate surface area is 208 Å². The van der Waals surface area contributed by atoms with Crippen molar-refractivity contribution in [2.75, 3.05) is 38.2 Å². The molecule has 188 valence electrons. The van der Waals surface area contributed by atoms with Crippen molar-refractivity contribution in [2.45, 2.75) is 32.4 Å². The summed E-state index contributed by atoms with van der Waals surface area (Å²) in [6.07, 6.45) is 0. The number of H-pyrrole nitrogens is 1. The van der Waals surface area contributed by atoms with Gasteiger partial charge in [-0.15, -0.1) is 5.10 Å². The van der Waals surface area contributed by atoms with Crippen LogP contribution in [0.4, 0.5) is 10.1 Å². The van der Waals surface area contributed by atoms with Gasteiger partial charge < -0.3 is 14.6 Å². The van der Waals surface area contributed by atoms with Gasteiger partial charge in [0.05, 0.1) is 12.6 Å². The average Bonchev–Trinajstić information content (AvgIpc) is 3.35. The summed E-state index contributed by atoms with van der Waals surface area (Å²) >= 11 is 0. The van der Waals surface area contributed by atoms with Gasteiger partial charge in [-0.3, -0.25) is 9.69 Å². The van der Waals surface area contributed by atoms with Crippen LogP contribution in [-0.4, -0.2) is 63.4 Å². The Morgan fingerprint density at radius 1 is 1.03 bits per heavy atom. The third kappa shape index (κ3) is 4.56. The molecule has 1 aliphatic rings. The summed E-state index contributed by atoms with van der Waals surface area (Å²) in [5.41, 5.74) is 1.73. The normalized spacial score (nSPS) is 15.9. The van der Waals surface area contributed by atoms with Gasteiger partial charge in [0.25, 0.3) is 5.56 Å². The fourth-order valence-electron chi connectivity index (χ4n) is 4.76. The Bertz CT molecular complexity index is 1420. The topological polar surface area (TPSA) is 92.2 Å². The number of pyridine rings is 1. The lowest BCUT2D eigenvalue weighted by Crippen LogP contribution is -2.49. The maximum Gasteiger partial charge on any atom is 0.253 e. The van der Waals surface area contributed by atoms with E-state index in [9.17, 15) is 9.18 Å². The smallest absolute Gasteiger partial charge is 0.253 e. The predicted octanol–water partition coefficient (Wildman–Crippen LogP) is 3.33. The second-order valence-corrected chi connectivity index (χ2v) is 10.0. The number of ether oxygens (including phenoxy) is 1. The number of anilines is 1. The summed E-state index contributed by atoms with van der Waals surface area (Å²) in [6, 6.07) is 13.6. The van der Waals surface area contributed by atoms with Crippen molar-refractivity contribution in [3.05, 3.63) is 76.1 Å². The zero-order valence-corrected chi connectivity index (χ0v) is 20.9. The Hall–Kier alpha value is -3.79. The Balaban J connectivity index is 1.56. The van der Waals surface area contributed by atoms with Gasteiger partial charge >= 0.3 is 0 Å². The van der Waals surface area contributed by atoms with Crippen LogP contribution in [0.15, 0.2) is 53.3 Å². The summed E-state index contributed by atoms with van der Waals surface area (Å²) in [5, 5.41) is 13.5. The Morgan fingerprint density at radius 2 is 1.75 bits per heavy atom. The zero-order valence-electron chi connectivity index (χ0n) is 20.9. The van der Waals surface area contributed by atoms with E-state index in [1.165, 1.54) is 12.1 Å². The standard InChI is InChI=1S/C26H30FN7O2/c1-26(2,3)34-24(29-30-31-34)23(21-16-17-15-20(36-4)9-10-22(17)28-25(21)35)33-13-11-32(12-14-33)19-7-5-18(27)6-8-19/h5-10,15-16,23H,11-14H2,1-4H3,(H,28,35). The first-order chi connectivity index (χ1) is 17.2. The van der Waals surface area contributed by atoms with Gasteiger partial charge in [0.15, 0.2) is 5.82 Å². The number of hydrogen-bond donors (Lipinski definition) is 1. The molecule has 1 saturated heterocycles. The van der Waals surface area contributed by atoms with Crippen molar-refractivity contribution in [3.8, 4) is 5.75 Å². The van der Waals surface area contributed by atoms with Gasteiger partial charge in [-0.05, 0) is 79.7 Å². The number of aromatic amines is 1. The van der Waals surface area contributed by atoms with E-state index in [2.05, 4.69) is 30.3 Å². The number of aromatic nitrogens is 5. The van der Waals surface area contributed by atoms with Crippen molar-refractivity contribution >= 4 is 16.6 Å². The highest BCUT2D eigenvalue weighted by Gasteiger charge is 2.35. The summed E-state index contributed by atoms with van der Waals surface area (Å²) in [6.45, 7) is 8.89. The van der Waals surface area contributed by atoms with Crippen LogP contribution in [0.5, 0.6) is 5.75 Å². The van der Waals surface area contributed by atoms with Crippen molar-refractivity contribution in [1.82, 2.24) is 30.1 Å². The lowest BCUT2D eigenvalue weighted by atomic mass is 10.0. The minimum absolute atomic E-state index is 0.179. The van der Waals surface area contributed by atoms with Crippen LogP contribution in [0.25, 0.3) is 10.9 Å². The average molecular weight is 492 g/mol. The first-order valence-corrected chi connectivity index (χ1v) is 12.0. The fraction of sp³-hybridized carbons (Fsp3) is 0.385. The molecule has 1 fully saturated rings. The number of benzene rings is 2.